The fourth-order valence-electron chi connectivity index (χ4n) is 8.43. The van der Waals surface area contributed by atoms with Gasteiger partial charge in [0.25, 0.3) is 0 Å². The molecule has 0 saturated heterocycles. The molecule has 3 nitrogen and oxygen atoms in total. The van der Waals surface area contributed by atoms with Crippen molar-refractivity contribution in [2.24, 2.45) is 0 Å². The predicted molar refractivity (Wildman–Crippen MR) is 219 cm³/mol. The Balaban J connectivity index is 1.14. The molecule has 242 valence electrons. The summed E-state index contributed by atoms with van der Waals surface area (Å²) in [5.74, 6) is 0. The summed E-state index contributed by atoms with van der Waals surface area (Å²) >= 11 is 0. The van der Waals surface area contributed by atoms with Gasteiger partial charge in [0.2, 0.25) is 0 Å². The van der Waals surface area contributed by atoms with Crippen molar-refractivity contribution < 1.29 is 0 Å². The van der Waals surface area contributed by atoms with Crippen molar-refractivity contribution in [2.45, 2.75) is 0 Å². The fourth-order valence-corrected chi connectivity index (χ4v) is 8.43. The van der Waals surface area contributed by atoms with Gasteiger partial charge in [0.05, 0.1) is 33.3 Å². The lowest BCUT2D eigenvalue weighted by Gasteiger charge is -2.15. The molecule has 11 rings (SSSR count). The Hall–Kier alpha value is -6.97. The molecule has 0 saturated carbocycles. The minimum atomic E-state index is 0.987. The summed E-state index contributed by atoms with van der Waals surface area (Å²) in [7, 11) is 0. The van der Waals surface area contributed by atoms with Gasteiger partial charge >= 0.3 is 0 Å². The maximum atomic E-state index is 5.38. The quantitative estimate of drug-likeness (QED) is 0.172. The van der Waals surface area contributed by atoms with Crippen LogP contribution in [0.2, 0.25) is 0 Å². The molecule has 52 heavy (non-hydrogen) atoms. The number of pyridine rings is 1. The SMILES string of the molecule is c1ccc(-n2c3ccccc3c3ccc4c(-c5cccc(-c6cccc(-n7c8ccccc8c8ccccc87)c6)c5)nc5ccccc5c4c32)cc1. The van der Waals surface area contributed by atoms with Gasteiger partial charge in [-0.15, -0.1) is 0 Å². The zero-order valence-corrected chi connectivity index (χ0v) is 28.2. The molecule has 0 bridgehead atoms. The van der Waals surface area contributed by atoms with Crippen molar-refractivity contribution >= 4 is 65.3 Å². The third-order valence-corrected chi connectivity index (χ3v) is 10.7. The molecule has 0 amide bonds. The minimum Gasteiger partial charge on any atom is -0.309 e. The summed E-state index contributed by atoms with van der Waals surface area (Å²) in [5.41, 5.74) is 12.5. The lowest BCUT2D eigenvalue weighted by molar-refractivity contribution is 1.18. The van der Waals surface area contributed by atoms with Crippen LogP contribution < -0.4 is 0 Å². The normalized spacial score (nSPS) is 11.8. The van der Waals surface area contributed by atoms with Gasteiger partial charge < -0.3 is 9.13 Å². The van der Waals surface area contributed by atoms with E-state index in [1.165, 1.54) is 49.0 Å². The highest BCUT2D eigenvalue weighted by Crippen LogP contribution is 2.42. The van der Waals surface area contributed by atoms with Crippen LogP contribution >= 0.6 is 0 Å². The molecule has 3 aromatic heterocycles. The van der Waals surface area contributed by atoms with Crippen LogP contribution in [0, 0.1) is 0 Å². The van der Waals surface area contributed by atoms with Crippen LogP contribution in [0.3, 0.4) is 0 Å². The predicted octanol–water partition coefficient (Wildman–Crippen LogP) is 12.9. The van der Waals surface area contributed by atoms with Crippen LogP contribution in [0.1, 0.15) is 0 Å². The van der Waals surface area contributed by atoms with Crippen molar-refractivity contribution in [1.82, 2.24) is 14.1 Å². The van der Waals surface area contributed by atoms with E-state index < -0.39 is 0 Å². The average Bonchev–Trinajstić information content (AvgIpc) is 3.74. The smallest absolute Gasteiger partial charge is 0.0789 e. The van der Waals surface area contributed by atoms with Gasteiger partial charge in [-0.25, -0.2) is 4.98 Å². The first-order valence-corrected chi connectivity index (χ1v) is 17.8. The van der Waals surface area contributed by atoms with Gasteiger partial charge in [-0.3, -0.25) is 0 Å². The van der Waals surface area contributed by atoms with Crippen LogP contribution in [0.25, 0.3) is 99.0 Å². The number of aromatic nitrogens is 3. The Morgan fingerprint density at radius 1 is 0.327 bits per heavy atom. The zero-order chi connectivity index (χ0) is 34.2. The lowest BCUT2D eigenvalue weighted by atomic mass is 9.95. The van der Waals surface area contributed by atoms with Gasteiger partial charge in [-0.1, -0.05) is 133 Å². The van der Waals surface area contributed by atoms with Crippen LogP contribution in [0.5, 0.6) is 0 Å². The standard InChI is InChI=1S/C49H31N3/c1-2-17-35(18-3-1)52-46-27-11-7-22-39(46)40-28-29-42-47(49(40)52)41-23-4-8-24-43(41)50-48(42)34-16-12-14-32(30-34)33-15-13-19-36(31-33)51-44-25-9-5-20-37(44)38-21-6-10-26-45(38)51/h1-31H. The molecule has 3 heterocycles. The first-order chi connectivity index (χ1) is 25.8. The number of para-hydroxylation sites is 5. The molecular weight excluding hydrogens is 631 g/mol. The number of hydrogen-bond donors (Lipinski definition) is 0. The van der Waals surface area contributed by atoms with E-state index in [-0.39, 0.29) is 0 Å². The summed E-state index contributed by atoms with van der Waals surface area (Å²) in [6.07, 6.45) is 0. The summed E-state index contributed by atoms with van der Waals surface area (Å²) in [4.78, 5) is 5.38. The van der Waals surface area contributed by atoms with Gasteiger partial charge in [-0.2, -0.15) is 0 Å². The summed E-state index contributed by atoms with van der Waals surface area (Å²) in [6, 6.07) is 67.8. The van der Waals surface area contributed by atoms with E-state index in [1.54, 1.807) is 0 Å². The highest BCUT2D eigenvalue weighted by atomic mass is 15.0. The Labute approximate surface area is 300 Å². The molecule has 0 N–H and O–H groups in total. The van der Waals surface area contributed by atoms with Crippen molar-refractivity contribution in [1.29, 1.82) is 0 Å². The Kier molecular flexibility index (Phi) is 6.25. The molecule has 0 aliphatic rings. The number of nitrogens with zero attached hydrogens (tertiary/aromatic N) is 3. The molecule has 0 aliphatic heterocycles. The lowest BCUT2D eigenvalue weighted by Crippen LogP contribution is -1.96. The van der Waals surface area contributed by atoms with Crippen molar-refractivity contribution in [2.75, 3.05) is 0 Å². The number of benzene rings is 8. The summed E-state index contributed by atoms with van der Waals surface area (Å²) in [5, 5.41) is 8.53. The van der Waals surface area contributed by atoms with E-state index in [4.69, 9.17) is 4.98 Å². The average molecular weight is 662 g/mol. The highest BCUT2D eigenvalue weighted by Gasteiger charge is 2.20. The van der Waals surface area contributed by atoms with E-state index in [9.17, 15) is 0 Å². The number of rotatable bonds is 4. The number of hydrogen-bond acceptors (Lipinski definition) is 1. The van der Waals surface area contributed by atoms with Crippen molar-refractivity contribution in [3.63, 3.8) is 0 Å². The first kappa shape index (κ1) is 28.8. The Morgan fingerprint density at radius 3 is 1.58 bits per heavy atom. The molecule has 0 spiro atoms. The van der Waals surface area contributed by atoms with E-state index in [0.717, 1.165) is 50.0 Å². The molecule has 11 aromatic rings. The van der Waals surface area contributed by atoms with E-state index in [1.807, 2.05) is 0 Å². The Morgan fingerprint density at radius 2 is 0.846 bits per heavy atom. The molecule has 8 aromatic carbocycles. The molecule has 0 radical (unpaired) electrons. The molecule has 0 unspecified atom stereocenters. The number of fused-ring (bicyclic) bond motifs is 10. The second kappa shape index (κ2) is 11.3. The first-order valence-electron chi connectivity index (χ1n) is 17.8. The zero-order valence-electron chi connectivity index (χ0n) is 28.2. The molecule has 0 aliphatic carbocycles. The molecule has 0 fully saturated rings. The monoisotopic (exact) mass is 661 g/mol. The topological polar surface area (TPSA) is 22.8 Å². The van der Waals surface area contributed by atoms with Gasteiger partial charge in [0.1, 0.15) is 0 Å². The summed E-state index contributed by atoms with van der Waals surface area (Å²) in [6.45, 7) is 0. The highest BCUT2D eigenvalue weighted by molar-refractivity contribution is 6.27. The van der Waals surface area contributed by atoms with E-state index in [0.29, 0.717) is 0 Å². The largest absolute Gasteiger partial charge is 0.309 e. The van der Waals surface area contributed by atoms with Gasteiger partial charge in [0.15, 0.2) is 0 Å². The van der Waals surface area contributed by atoms with Crippen LogP contribution in [0.4, 0.5) is 0 Å². The third-order valence-electron chi connectivity index (χ3n) is 10.7. The van der Waals surface area contributed by atoms with Gasteiger partial charge in [0, 0.05) is 54.6 Å². The van der Waals surface area contributed by atoms with E-state index >= 15 is 0 Å². The minimum absolute atomic E-state index is 0.987. The molecule has 3 heteroatoms. The second-order valence-electron chi connectivity index (χ2n) is 13.6. The Bertz CT molecular complexity index is 3130. The summed E-state index contributed by atoms with van der Waals surface area (Å²) < 4.78 is 4.81. The maximum Gasteiger partial charge on any atom is 0.0789 e. The van der Waals surface area contributed by atoms with Crippen LogP contribution in [0.15, 0.2) is 188 Å². The third kappa shape index (κ3) is 4.23. The fraction of sp³-hybridized carbons (Fsp3) is 0. The van der Waals surface area contributed by atoms with Crippen LogP contribution in [-0.4, -0.2) is 14.1 Å². The second-order valence-corrected chi connectivity index (χ2v) is 13.6. The van der Waals surface area contributed by atoms with E-state index in [2.05, 4.69) is 197 Å². The van der Waals surface area contributed by atoms with Crippen molar-refractivity contribution in [3.05, 3.63) is 188 Å². The van der Waals surface area contributed by atoms with Crippen molar-refractivity contribution in [3.8, 4) is 33.8 Å². The molecule has 0 atom stereocenters. The maximum absolute atomic E-state index is 5.38. The van der Waals surface area contributed by atoms with Gasteiger partial charge in [-0.05, 0) is 65.7 Å². The molecular formula is C49H31N3. The van der Waals surface area contributed by atoms with Crippen LogP contribution in [-0.2, 0) is 0 Å².